The molecule has 0 saturated carbocycles. The molecular formula is C8H16N4O2S2. The van der Waals surface area contributed by atoms with E-state index in [0.717, 1.165) is 0 Å². The van der Waals surface area contributed by atoms with Crippen molar-refractivity contribution in [1.29, 1.82) is 0 Å². The molecule has 0 saturated heterocycles. The Morgan fingerprint density at radius 1 is 1.50 bits per heavy atom. The molecule has 0 amide bonds. The second-order valence-corrected chi connectivity index (χ2v) is 6.94. The second-order valence-electron chi connectivity index (χ2n) is 3.55. The number of rotatable bonds is 6. The van der Waals surface area contributed by atoms with Gasteiger partial charge >= 0.3 is 0 Å². The summed E-state index contributed by atoms with van der Waals surface area (Å²) in [7, 11) is -3.29. The van der Waals surface area contributed by atoms with Gasteiger partial charge in [-0.1, -0.05) is 32.5 Å². The third-order valence-electron chi connectivity index (χ3n) is 1.53. The Morgan fingerprint density at radius 2 is 2.19 bits per heavy atom. The van der Waals surface area contributed by atoms with E-state index in [2.05, 4.69) is 19.9 Å². The molecule has 6 nitrogen and oxygen atoms in total. The van der Waals surface area contributed by atoms with Gasteiger partial charge in [0.1, 0.15) is 0 Å². The van der Waals surface area contributed by atoms with Crippen LogP contribution in [0, 0.1) is 0 Å². The molecule has 0 aliphatic rings. The molecule has 0 radical (unpaired) electrons. The number of hydrogen-bond acceptors (Lipinski definition) is 5. The minimum Gasteiger partial charge on any atom is -0.252 e. The van der Waals surface area contributed by atoms with E-state index in [1.807, 2.05) is 13.8 Å². The quantitative estimate of drug-likeness (QED) is 0.759. The zero-order chi connectivity index (χ0) is 12.2. The molecule has 1 heterocycles. The lowest BCUT2D eigenvalue weighted by Crippen LogP contribution is -2.16. The maximum absolute atomic E-state index is 11.4. The topological polar surface area (TPSA) is 87.7 Å². The van der Waals surface area contributed by atoms with Crippen molar-refractivity contribution < 1.29 is 8.42 Å². The monoisotopic (exact) mass is 264 g/mol. The molecule has 0 aliphatic carbocycles. The van der Waals surface area contributed by atoms with Crippen LogP contribution in [0.2, 0.25) is 0 Å². The molecule has 1 aromatic heterocycles. The molecule has 0 atom stereocenters. The van der Waals surface area contributed by atoms with Crippen molar-refractivity contribution in [3.05, 3.63) is 0 Å². The van der Waals surface area contributed by atoms with Crippen molar-refractivity contribution in [2.75, 3.05) is 10.5 Å². The highest BCUT2D eigenvalue weighted by molar-refractivity contribution is 7.99. The molecule has 0 fully saturated rings. The molecule has 16 heavy (non-hydrogen) atoms. The summed E-state index contributed by atoms with van der Waals surface area (Å²) in [6.45, 7) is 5.84. The van der Waals surface area contributed by atoms with E-state index < -0.39 is 10.0 Å². The number of aromatic nitrogens is 3. The Labute approximate surface area is 99.7 Å². The van der Waals surface area contributed by atoms with Gasteiger partial charge in [0, 0.05) is 5.25 Å². The normalized spacial score (nSPS) is 12.0. The van der Waals surface area contributed by atoms with E-state index in [0.29, 0.717) is 16.8 Å². The van der Waals surface area contributed by atoms with E-state index in [-0.39, 0.29) is 11.7 Å². The smallest absolute Gasteiger partial charge is 0.235 e. The summed E-state index contributed by atoms with van der Waals surface area (Å²) in [5.41, 5.74) is 0. The number of nitrogens with one attached hydrogen (secondary N) is 2. The number of aromatic amines is 1. The fraction of sp³-hybridized carbons (Fsp3) is 0.750. The number of nitrogens with zero attached hydrogens (tertiary/aromatic N) is 2. The number of thioether (sulfide) groups is 1. The highest BCUT2D eigenvalue weighted by Gasteiger charge is 2.12. The highest BCUT2D eigenvalue weighted by Crippen LogP contribution is 2.19. The Kier molecular flexibility index (Phi) is 4.60. The van der Waals surface area contributed by atoms with Crippen molar-refractivity contribution in [3.63, 3.8) is 0 Å². The maximum atomic E-state index is 11.4. The number of H-pyrrole nitrogens is 1. The van der Waals surface area contributed by atoms with Crippen LogP contribution in [0.15, 0.2) is 5.16 Å². The molecule has 0 aromatic carbocycles. The highest BCUT2D eigenvalue weighted by atomic mass is 32.2. The van der Waals surface area contributed by atoms with Crippen LogP contribution >= 0.6 is 11.8 Å². The standard InChI is InChI=1S/C8H16N4O2S2/c1-4-5-16(13,14)12-7-9-8(11-10-7)15-6(2)3/h6H,4-5H2,1-3H3,(H2,9,10,11,12). The molecule has 1 rings (SSSR count). The Balaban J connectivity index is 2.65. The van der Waals surface area contributed by atoms with Crippen LogP contribution in [0.1, 0.15) is 27.2 Å². The van der Waals surface area contributed by atoms with Crippen LogP contribution in [0.25, 0.3) is 0 Å². The Morgan fingerprint density at radius 3 is 2.75 bits per heavy atom. The Bertz CT molecular complexity index is 427. The van der Waals surface area contributed by atoms with Crippen molar-refractivity contribution in [3.8, 4) is 0 Å². The van der Waals surface area contributed by atoms with E-state index in [1.165, 1.54) is 11.8 Å². The van der Waals surface area contributed by atoms with Gasteiger partial charge in [-0.05, 0) is 6.42 Å². The van der Waals surface area contributed by atoms with E-state index in [4.69, 9.17) is 0 Å². The molecule has 0 spiro atoms. The fourth-order valence-electron chi connectivity index (χ4n) is 1.02. The first-order chi connectivity index (χ1) is 7.43. The first-order valence-electron chi connectivity index (χ1n) is 5.02. The van der Waals surface area contributed by atoms with Gasteiger partial charge < -0.3 is 0 Å². The van der Waals surface area contributed by atoms with E-state index in [1.54, 1.807) is 6.92 Å². The molecule has 1 aromatic rings. The summed E-state index contributed by atoms with van der Waals surface area (Å²) in [4.78, 5) is 4.02. The van der Waals surface area contributed by atoms with Gasteiger partial charge in [-0.2, -0.15) is 4.98 Å². The van der Waals surface area contributed by atoms with Gasteiger partial charge in [0.05, 0.1) is 5.75 Å². The zero-order valence-corrected chi connectivity index (χ0v) is 11.2. The number of anilines is 1. The SMILES string of the molecule is CCCS(=O)(=O)Nc1nc(SC(C)C)n[nH]1. The summed E-state index contributed by atoms with van der Waals surface area (Å²) in [5.74, 6) is 0.261. The zero-order valence-electron chi connectivity index (χ0n) is 9.52. The van der Waals surface area contributed by atoms with Crippen molar-refractivity contribution in [2.24, 2.45) is 0 Å². The van der Waals surface area contributed by atoms with Gasteiger partial charge in [-0.15, -0.1) is 5.10 Å². The molecule has 8 heteroatoms. The first-order valence-corrected chi connectivity index (χ1v) is 7.55. The summed E-state index contributed by atoms with van der Waals surface area (Å²) in [6.07, 6.45) is 0.567. The Hall–Kier alpha value is -0.760. The fourth-order valence-corrected chi connectivity index (χ4v) is 2.71. The van der Waals surface area contributed by atoms with Crippen LogP contribution in [-0.4, -0.2) is 34.6 Å². The maximum Gasteiger partial charge on any atom is 0.235 e. The third-order valence-corrected chi connectivity index (χ3v) is 3.85. The lowest BCUT2D eigenvalue weighted by Gasteiger charge is -2.01. The summed E-state index contributed by atoms with van der Waals surface area (Å²) in [5, 5.41) is 7.36. The van der Waals surface area contributed by atoms with Crippen LogP contribution in [0.3, 0.4) is 0 Å². The molecule has 0 aliphatic heterocycles. The molecule has 2 N–H and O–H groups in total. The van der Waals surface area contributed by atoms with E-state index in [9.17, 15) is 8.42 Å². The van der Waals surface area contributed by atoms with Gasteiger partial charge in [0.2, 0.25) is 21.1 Å². The molecule has 0 unspecified atom stereocenters. The molecular weight excluding hydrogens is 248 g/mol. The number of sulfonamides is 1. The minimum atomic E-state index is -3.29. The predicted molar refractivity (Wildman–Crippen MR) is 65.1 cm³/mol. The van der Waals surface area contributed by atoms with Gasteiger partial charge in [0.15, 0.2) is 0 Å². The van der Waals surface area contributed by atoms with Gasteiger partial charge in [-0.25, -0.2) is 13.5 Å². The second kappa shape index (κ2) is 5.53. The van der Waals surface area contributed by atoms with Crippen molar-refractivity contribution in [2.45, 2.75) is 37.6 Å². The van der Waals surface area contributed by atoms with Crippen molar-refractivity contribution in [1.82, 2.24) is 15.2 Å². The number of hydrogen-bond donors (Lipinski definition) is 2. The third kappa shape index (κ3) is 4.40. The minimum absolute atomic E-state index is 0.0837. The molecule has 92 valence electrons. The summed E-state index contributed by atoms with van der Waals surface area (Å²) >= 11 is 1.47. The summed E-state index contributed by atoms with van der Waals surface area (Å²) in [6, 6.07) is 0. The predicted octanol–water partition coefficient (Wildman–Crippen LogP) is 1.46. The first kappa shape index (κ1) is 13.3. The van der Waals surface area contributed by atoms with Gasteiger partial charge in [0.25, 0.3) is 0 Å². The van der Waals surface area contributed by atoms with Crippen LogP contribution < -0.4 is 4.72 Å². The lowest BCUT2D eigenvalue weighted by molar-refractivity contribution is 0.599. The summed E-state index contributed by atoms with van der Waals surface area (Å²) < 4.78 is 25.2. The van der Waals surface area contributed by atoms with Crippen LogP contribution in [-0.2, 0) is 10.0 Å². The van der Waals surface area contributed by atoms with Gasteiger partial charge in [-0.3, -0.25) is 4.72 Å². The van der Waals surface area contributed by atoms with Crippen LogP contribution in [0.5, 0.6) is 0 Å². The average Bonchev–Trinajstić information content (AvgIpc) is 2.49. The molecule has 0 bridgehead atoms. The lowest BCUT2D eigenvalue weighted by atomic mass is 10.6. The van der Waals surface area contributed by atoms with E-state index >= 15 is 0 Å². The average molecular weight is 264 g/mol. The van der Waals surface area contributed by atoms with Crippen LogP contribution in [0.4, 0.5) is 5.95 Å². The largest absolute Gasteiger partial charge is 0.252 e. The van der Waals surface area contributed by atoms with Crippen molar-refractivity contribution >= 4 is 27.7 Å².